The van der Waals surface area contributed by atoms with Crippen molar-refractivity contribution in [2.24, 2.45) is 5.73 Å². The molecule has 58 valence electrons. The third-order valence-corrected chi connectivity index (χ3v) is 1.32. The van der Waals surface area contributed by atoms with E-state index in [0.29, 0.717) is 0 Å². The minimum Gasteiger partial charge on any atom is -0.480 e. The second kappa shape index (κ2) is 3.16. The summed E-state index contributed by atoms with van der Waals surface area (Å²) in [7, 11) is 0. The van der Waals surface area contributed by atoms with Crippen LogP contribution in [0.1, 0.15) is 13.0 Å². The first kappa shape index (κ1) is 6.37. The van der Waals surface area contributed by atoms with Crippen LogP contribution >= 0.6 is 0 Å². The highest BCUT2D eigenvalue weighted by Gasteiger charge is 2.12. The Balaban J connectivity index is 3.06. The number of benzene rings is 1. The largest absolute Gasteiger partial charge is 0.480 e. The normalized spacial score (nSPS) is 16.6. The summed E-state index contributed by atoms with van der Waals surface area (Å²) in [5, 5.41) is 8.58. The fraction of sp³-hybridized carbons (Fsp3) is 0.125. The van der Waals surface area contributed by atoms with Crippen LogP contribution in [0.15, 0.2) is 30.3 Å². The third-order valence-electron chi connectivity index (χ3n) is 1.32. The van der Waals surface area contributed by atoms with E-state index in [1.54, 1.807) is 18.2 Å². The van der Waals surface area contributed by atoms with Crippen LogP contribution in [0.5, 0.6) is 0 Å². The van der Waals surface area contributed by atoms with Crippen LogP contribution in [0.25, 0.3) is 0 Å². The SMILES string of the molecule is [2H]C(N)(C(=O)O)c1ccccc1. The Morgan fingerprint density at radius 1 is 1.55 bits per heavy atom. The summed E-state index contributed by atoms with van der Waals surface area (Å²) >= 11 is 0. The number of hydrogen-bond acceptors (Lipinski definition) is 2. The second-order valence-electron chi connectivity index (χ2n) is 2.08. The highest BCUT2D eigenvalue weighted by Crippen LogP contribution is 2.08. The quantitative estimate of drug-likeness (QED) is 0.658. The molecule has 0 saturated carbocycles. The van der Waals surface area contributed by atoms with Crippen molar-refractivity contribution < 1.29 is 11.3 Å². The van der Waals surface area contributed by atoms with E-state index in [1.165, 1.54) is 12.1 Å². The number of carbonyl (C=O) groups is 1. The van der Waals surface area contributed by atoms with Gasteiger partial charge in [0.2, 0.25) is 0 Å². The fourth-order valence-corrected chi connectivity index (χ4v) is 0.741. The van der Waals surface area contributed by atoms with Gasteiger partial charge in [-0.15, -0.1) is 0 Å². The minimum absolute atomic E-state index is 0.275. The van der Waals surface area contributed by atoms with Gasteiger partial charge in [0.05, 0.1) is 1.37 Å². The van der Waals surface area contributed by atoms with Gasteiger partial charge >= 0.3 is 5.97 Å². The van der Waals surface area contributed by atoms with E-state index in [2.05, 4.69) is 0 Å². The molecule has 0 saturated heterocycles. The van der Waals surface area contributed by atoms with Crippen LogP contribution < -0.4 is 5.73 Å². The van der Waals surface area contributed by atoms with Crippen molar-refractivity contribution in [1.29, 1.82) is 0 Å². The van der Waals surface area contributed by atoms with Crippen molar-refractivity contribution in [2.45, 2.75) is 6.02 Å². The Hall–Kier alpha value is -1.35. The molecule has 1 aromatic carbocycles. The van der Waals surface area contributed by atoms with Gasteiger partial charge in [-0.3, -0.25) is 4.79 Å². The minimum atomic E-state index is -2.04. The molecule has 0 aromatic heterocycles. The van der Waals surface area contributed by atoms with Crippen molar-refractivity contribution >= 4 is 5.97 Å². The monoisotopic (exact) mass is 152 g/mol. The molecule has 0 heterocycles. The molecule has 1 aromatic rings. The van der Waals surface area contributed by atoms with Gasteiger partial charge in [0, 0.05) is 0 Å². The Morgan fingerprint density at radius 3 is 2.55 bits per heavy atom. The van der Waals surface area contributed by atoms with E-state index >= 15 is 0 Å². The van der Waals surface area contributed by atoms with Gasteiger partial charge in [-0.2, -0.15) is 0 Å². The van der Waals surface area contributed by atoms with Crippen LogP contribution in [0.4, 0.5) is 0 Å². The molecular weight excluding hydrogens is 142 g/mol. The van der Waals surface area contributed by atoms with E-state index < -0.39 is 12.0 Å². The Bertz CT molecular complexity index is 284. The first-order chi connectivity index (χ1) is 5.55. The summed E-state index contributed by atoms with van der Waals surface area (Å²) < 4.78 is 7.30. The number of carboxylic acids is 1. The van der Waals surface area contributed by atoms with Gasteiger partial charge in [0.1, 0.15) is 6.02 Å². The van der Waals surface area contributed by atoms with E-state index in [9.17, 15) is 4.79 Å². The van der Waals surface area contributed by atoms with E-state index in [-0.39, 0.29) is 5.56 Å². The Morgan fingerprint density at radius 2 is 2.09 bits per heavy atom. The predicted octanol–water partition coefficient (Wildman–Crippen LogP) is 0.771. The van der Waals surface area contributed by atoms with Crippen LogP contribution in [0, 0.1) is 0 Å². The van der Waals surface area contributed by atoms with Crippen LogP contribution in [-0.4, -0.2) is 11.1 Å². The van der Waals surface area contributed by atoms with Crippen LogP contribution in [0.3, 0.4) is 0 Å². The molecule has 0 radical (unpaired) electrons. The highest BCUT2D eigenvalue weighted by atomic mass is 16.4. The average Bonchev–Trinajstić information content (AvgIpc) is 2.06. The fourth-order valence-electron chi connectivity index (χ4n) is 0.741. The standard InChI is InChI=1S/C8H9NO2/c9-7(8(10)11)6-4-2-1-3-5-6/h1-5,7H,9H2,(H,10,11)/i7D. The van der Waals surface area contributed by atoms with Gasteiger partial charge in [0.25, 0.3) is 0 Å². The van der Waals surface area contributed by atoms with Gasteiger partial charge in [-0.1, -0.05) is 30.3 Å². The molecule has 0 aliphatic carbocycles. The molecule has 1 rings (SSSR count). The van der Waals surface area contributed by atoms with Gasteiger partial charge in [-0.25, -0.2) is 0 Å². The zero-order valence-electron chi connectivity index (χ0n) is 6.82. The molecule has 3 nitrogen and oxygen atoms in total. The smallest absolute Gasteiger partial charge is 0.325 e. The van der Waals surface area contributed by atoms with Crippen molar-refractivity contribution in [3.05, 3.63) is 35.9 Å². The van der Waals surface area contributed by atoms with Crippen LogP contribution in [0.2, 0.25) is 0 Å². The lowest BCUT2D eigenvalue weighted by atomic mass is 10.1. The van der Waals surface area contributed by atoms with Crippen molar-refractivity contribution in [3.63, 3.8) is 0 Å². The average molecular weight is 152 g/mol. The van der Waals surface area contributed by atoms with Crippen molar-refractivity contribution in [2.75, 3.05) is 0 Å². The third kappa shape index (κ3) is 1.78. The lowest BCUT2D eigenvalue weighted by Crippen LogP contribution is -2.20. The van der Waals surface area contributed by atoms with E-state index in [0.717, 1.165) is 0 Å². The summed E-state index contributed by atoms with van der Waals surface area (Å²) in [4.78, 5) is 10.5. The number of rotatable bonds is 2. The zero-order valence-corrected chi connectivity index (χ0v) is 5.82. The molecule has 1 atom stereocenters. The van der Waals surface area contributed by atoms with Crippen molar-refractivity contribution in [1.82, 2.24) is 0 Å². The topological polar surface area (TPSA) is 63.3 Å². The van der Waals surface area contributed by atoms with E-state index in [1.807, 2.05) is 0 Å². The van der Waals surface area contributed by atoms with Gasteiger partial charge in [0.15, 0.2) is 0 Å². The van der Waals surface area contributed by atoms with Gasteiger partial charge < -0.3 is 10.8 Å². The maximum Gasteiger partial charge on any atom is 0.325 e. The van der Waals surface area contributed by atoms with E-state index in [4.69, 9.17) is 12.2 Å². The lowest BCUT2D eigenvalue weighted by Gasteiger charge is -2.04. The molecule has 0 aliphatic rings. The Labute approximate surface area is 65.9 Å². The predicted molar refractivity (Wildman–Crippen MR) is 41.0 cm³/mol. The zero-order chi connectivity index (χ0) is 9.19. The van der Waals surface area contributed by atoms with Crippen LogP contribution in [-0.2, 0) is 4.79 Å². The summed E-state index contributed by atoms with van der Waals surface area (Å²) in [5.41, 5.74) is 5.52. The first-order valence-electron chi connectivity index (χ1n) is 3.63. The maximum atomic E-state index is 10.5. The molecule has 3 N–H and O–H groups in total. The molecule has 0 spiro atoms. The molecule has 0 aliphatic heterocycles. The summed E-state index contributed by atoms with van der Waals surface area (Å²) in [5.74, 6) is -1.35. The van der Waals surface area contributed by atoms with Crippen molar-refractivity contribution in [3.8, 4) is 0 Å². The lowest BCUT2D eigenvalue weighted by molar-refractivity contribution is -0.138. The molecule has 1 unspecified atom stereocenters. The molecule has 0 amide bonds. The first-order valence-corrected chi connectivity index (χ1v) is 3.13. The Kier molecular flexibility index (Phi) is 1.83. The summed E-state index contributed by atoms with van der Waals surface area (Å²) in [6, 6.07) is 6.02. The molecular formula is C8H9NO2. The number of aliphatic carboxylic acids is 1. The summed E-state index contributed by atoms with van der Waals surface area (Å²) in [6.45, 7) is 0. The maximum absolute atomic E-state index is 10.5. The molecule has 3 heteroatoms. The second-order valence-corrected chi connectivity index (χ2v) is 2.08. The molecule has 0 bridgehead atoms. The highest BCUT2D eigenvalue weighted by molar-refractivity contribution is 5.75. The number of nitrogens with two attached hydrogens (primary N) is 1. The summed E-state index contributed by atoms with van der Waals surface area (Å²) in [6.07, 6.45) is 0. The molecule has 0 fully saturated rings. The molecule has 11 heavy (non-hydrogen) atoms. The van der Waals surface area contributed by atoms with Gasteiger partial charge in [-0.05, 0) is 5.56 Å². The number of hydrogen-bond donors (Lipinski definition) is 2. The number of carboxylic acid groups (broad SMARTS) is 1.